The highest BCUT2D eigenvalue weighted by Crippen LogP contribution is 2.19. The van der Waals surface area contributed by atoms with E-state index in [4.69, 9.17) is 5.26 Å². The van der Waals surface area contributed by atoms with Gasteiger partial charge in [-0.1, -0.05) is 0 Å². The fourth-order valence-corrected chi connectivity index (χ4v) is 1.65. The largest absolute Gasteiger partial charge is 0.260 e. The van der Waals surface area contributed by atoms with Gasteiger partial charge in [0.2, 0.25) is 0 Å². The maximum absolute atomic E-state index is 8.65. The lowest BCUT2D eigenvalue weighted by Gasteiger charge is -2.13. The Balaban J connectivity index is 2.44. The molecule has 1 aliphatic carbocycles. The molecule has 0 amide bonds. The van der Waals surface area contributed by atoms with E-state index in [0.29, 0.717) is 5.56 Å². The van der Waals surface area contributed by atoms with E-state index in [2.05, 4.69) is 11.1 Å². The minimum absolute atomic E-state index is 0.690. The Morgan fingerprint density at radius 2 is 2.17 bits per heavy atom. The van der Waals surface area contributed by atoms with Crippen LogP contribution in [-0.4, -0.2) is 4.98 Å². The van der Waals surface area contributed by atoms with Crippen LogP contribution in [0.3, 0.4) is 0 Å². The monoisotopic (exact) mass is 158 g/mol. The number of nitriles is 1. The van der Waals surface area contributed by atoms with Crippen molar-refractivity contribution in [1.82, 2.24) is 4.98 Å². The fourth-order valence-electron chi connectivity index (χ4n) is 1.65. The quantitative estimate of drug-likeness (QED) is 0.577. The van der Waals surface area contributed by atoms with Crippen LogP contribution < -0.4 is 0 Å². The van der Waals surface area contributed by atoms with Crippen LogP contribution in [0.4, 0.5) is 0 Å². The first kappa shape index (κ1) is 7.30. The van der Waals surface area contributed by atoms with E-state index in [0.717, 1.165) is 12.8 Å². The van der Waals surface area contributed by atoms with E-state index in [1.807, 2.05) is 6.07 Å². The molecule has 2 nitrogen and oxygen atoms in total. The van der Waals surface area contributed by atoms with Crippen molar-refractivity contribution in [2.75, 3.05) is 0 Å². The summed E-state index contributed by atoms with van der Waals surface area (Å²) < 4.78 is 0. The van der Waals surface area contributed by atoms with Gasteiger partial charge in [0.15, 0.2) is 0 Å². The molecule has 2 rings (SSSR count). The van der Waals surface area contributed by atoms with Crippen molar-refractivity contribution < 1.29 is 0 Å². The van der Waals surface area contributed by atoms with E-state index < -0.39 is 0 Å². The summed E-state index contributed by atoms with van der Waals surface area (Å²) in [5.74, 6) is 0. The molecule has 12 heavy (non-hydrogen) atoms. The first-order valence-electron chi connectivity index (χ1n) is 4.28. The third-order valence-electron chi connectivity index (χ3n) is 2.30. The predicted molar refractivity (Wildman–Crippen MR) is 45.6 cm³/mol. The SMILES string of the molecule is N#Cc1cnc2c(c1)CCCC2. The summed E-state index contributed by atoms with van der Waals surface area (Å²) in [6, 6.07) is 4.09. The second-order valence-corrected chi connectivity index (χ2v) is 3.15. The minimum atomic E-state index is 0.690. The van der Waals surface area contributed by atoms with Crippen molar-refractivity contribution >= 4 is 0 Å². The number of rotatable bonds is 0. The van der Waals surface area contributed by atoms with Gasteiger partial charge in [0.05, 0.1) is 5.56 Å². The van der Waals surface area contributed by atoms with Gasteiger partial charge in [0.1, 0.15) is 6.07 Å². The van der Waals surface area contributed by atoms with Crippen LogP contribution in [0.15, 0.2) is 12.3 Å². The Labute approximate surface area is 71.9 Å². The molecule has 0 fully saturated rings. The summed E-state index contributed by atoms with van der Waals surface area (Å²) in [5, 5.41) is 8.65. The molecule has 0 aromatic carbocycles. The number of nitrogens with zero attached hydrogens (tertiary/aromatic N) is 2. The number of fused-ring (bicyclic) bond motifs is 1. The molecule has 1 aliphatic rings. The standard InChI is InChI=1S/C10H10N2/c11-6-8-5-9-3-1-2-4-10(9)12-7-8/h5,7H,1-4H2. The predicted octanol–water partition coefficient (Wildman–Crippen LogP) is 1.83. The highest BCUT2D eigenvalue weighted by Gasteiger charge is 2.10. The Morgan fingerprint density at radius 3 is 3.00 bits per heavy atom. The van der Waals surface area contributed by atoms with E-state index >= 15 is 0 Å². The lowest BCUT2D eigenvalue weighted by atomic mass is 9.95. The Kier molecular flexibility index (Phi) is 1.79. The van der Waals surface area contributed by atoms with Gasteiger partial charge in [0, 0.05) is 11.9 Å². The van der Waals surface area contributed by atoms with Gasteiger partial charge in [-0.15, -0.1) is 0 Å². The molecule has 1 aromatic rings. The third-order valence-corrected chi connectivity index (χ3v) is 2.30. The van der Waals surface area contributed by atoms with Crippen LogP contribution in [0, 0.1) is 11.3 Å². The minimum Gasteiger partial charge on any atom is -0.260 e. The zero-order valence-corrected chi connectivity index (χ0v) is 6.88. The Morgan fingerprint density at radius 1 is 1.33 bits per heavy atom. The molecular formula is C10H10N2. The molecule has 0 saturated heterocycles. The van der Waals surface area contributed by atoms with Crippen molar-refractivity contribution in [1.29, 1.82) is 5.26 Å². The second-order valence-electron chi connectivity index (χ2n) is 3.15. The Bertz CT molecular complexity index is 336. The highest BCUT2D eigenvalue weighted by atomic mass is 14.7. The van der Waals surface area contributed by atoms with Gasteiger partial charge in [-0.3, -0.25) is 4.98 Å². The first-order chi connectivity index (χ1) is 5.90. The van der Waals surface area contributed by atoms with Crippen molar-refractivity contribution in [2.24, 2.45) is 0 Å². The van der Waals surface area contributed by atoms with Crippen molar-refractivity contribution in [3.8, 4) is 6.07 Å². The second kappa shape index (κ2) is 2.94. The maximum atomic E-state index is 8.65. The average molecular weight is 158 g/mol. The molecule has 0 saturated carbocycles. The highest BCUT2D eigenvalue weighted by molar-refractivity contribution is 5.34. The Hall–Kier alpha value is -1.36. The van der Waals surface area contributed by atoms with Gasteiger partial charge in [0.25, 0.3) is 0 Å². The topological polar surface area (TPSA) is 36.7 Å². The van der Waals surface area contributed by atoms with Gasteiger partial charge < -0.3 is 0 Å². The summed E-state index contributed by atoms with van der Waals surface area (Å²) in [5.41, 5.74) is 3.16. The van der Waals surface area contributed by atoms with Crippen LogP contribution in [0.25, 0.3) is 0 Å². The van der Waals surface area contributed by atoms with E-state index in [1.54, 1.807) is 6.20 Å². The van der Waals surface area contributed by atoms with Crippen LogP contribution >= 0.6 is 0 Å². The van der Waals surface area contributed by atoms with Crippen LogP contribution in [0.1, 0.15) is 29.7 Å². The number of pyridine rings is 1. The lowest BCUT2D eigenvalue weighted by Crippen LogP contribution is -2.05. The van der Waals surface area contributed by atoms with Gasteiger partial charge in [-0.25, -0.2) is 0 Å². The first-order valence-corrected chi connectivity index (χ1v) is 4.28. The van der Waals surface area contributed by atoms with E-state index in [9.17, 15) is 0 Å². The molecule has 0 radical (unpaired) electrons. The number of aromatic nitrogens is 1. The smallest absolute Gasteiger partial charge is 0.101 e. The summed E-state index contributed by atoms with van der Waals surface area (Å²) in [6.45, 7) is 0. The van der Waals surface area contributed by atoms with Gasteiger partial charge >= 0.3 is 0 Å². The molecule has 0 spiro atoms. The van der Waals surface area contributed by atoms with Crippen molar-refractivity contribution in [3.63, 3.8) is 0 Å². The molecule has 0 unspecified atom stereocenters. The van der Waals surface area contributed by atoms with E-state index in [1.165, 1.54) is 24.1 Å². The van der Waals surface area contributed by atoms with E-state index in [-0.39, 0.29) is 0 Å². The van der Waals surface area contributed by atoms with Crippen molar-refractivity contribution in [3.05, 3.63) is 29.1 Å². The summed E-state index contributed by atoms with van der Waals surface area (Å²) in [4.78, 5) is 4.27. The van der Waals surface area contributed by atoms with Crippen LogP contribution in [-0.2, 0) is 12.8 Å². The van der Waals surface area contributed by atoms with Crippen LogP contribution in [0.2, 0.25) is 0 Å². The third kappa shape index (κ3) is 1.18. The maximum Gasteiger partial charge on any atom is 0.101 e. The molecule has 60 valence electrons. The van der Waals surface area contributed by atoms with Gasteiger partial charge in [-0.2, -0.15) is 5.26 Å². The lowest BCUT2D eigenvalue weighted by molar-refractivity contribution is 0.667. The van der Waals surface area contributed by atoms with Crippen molar-refractivity contribution in [2.45, 2.75) is 25.7 Å². The molecule has 0 atom stereocenters. The fraction of sp³-hybridized carbons (Fsp3) is 0.400. The normalized spacial score (nSPS) is 14.9. The average Bonchev–Trinajstić information content (AvgIpc) is 2.17. The molecule has 0 bridgehead atoms. The molecule has 0 aliphatic heterocycles. The molecule has 2 heteroatoms. The summed E-state index contributed by atoms with van der Waals surface area (Å²) in [6.07, 6.45) is 6.33. The van der Waals surface area contributed by atoms with Gasteiger partial charge in [-0.05, 0) is 37.3 Å². The molecule has 1 aromatic heterocycles. The number of hydrogen-bond donors (Lipinski definition) is 0. The molecule has 1 heterocycles. The molecule has 0 N–H and O–H groups in total. The van der Waals surface area contributed by atoms with Crippen LogP contribution in [0.5, 0.6) is 0 Å². The number of aryl methyl sites for hydroxylation is 2. The number of hydrogen-bond acceptors (Lipinski definition) is 2. The summed E-state index contributed by atoms with van der Waals surface area (Å²) in [7, 11) is 0. The molecular weight excluding hydrogens is 148 g/mol. The zero-order chi connectivity index (χ0) is 8.39. The summed E-state index contributed by atoms with van der Waals surface area (Å²) >= 11 is 0. The zero-order valence-electron chi connectivity index (χ0n) is 6.88.